The van der Waals surface area contributed by atoms with E-state index in [1.807, 2.05) is 19.1 Å². The number of esters is 1. The molecule has 4 rings (SSSR count). The zero-order valence-corrected chi connectivity index (χ0v) is 16.1. The Labute approximate surface area is 172 Å². The summed E-state index contributed by atoms with van der Waals surface area (Å²) in [6.07, 6.45) is 1.50. The number of ether oxygens (including phenoxy) is 3. The lowest BCUT2D eigenvalue weighted by Crippen LogP contribution is -2.17. The molecule has 3 aromatic rings. The van der Waals surface area contributed by atoms with Crippen LogP contribution in [-0.2, 0) is 0 Å². The lowest BCUT2D eigenvalue weighted by Gasteiger charge is -2.05. The number of nitrogens with zero attached hydrogens (tertiary/aromatic N) is 1. The highest BCUT2D eigenvalue weighted by molar-refractivity contribution is 5.95. The normalized spacial score (nSPS) is 12.0. The minimum Gasteiger partial charge on any atom is -0.454 e. The first-order valence-electron chi connectivity index (χ1n) is 9.20. The number of carbonyl (C=O) groups excluding carboxylic acids is 2. The zero-order valence-electron chi connectivity index (χ0n) is 16.1. The number of amides is 1. The van der Waals surface area contributed by atoms with Gasteiger partial charge in [0.2, 0.25) is 6.79 Å². The minimum atomic E-state index is -0.420. The van der Waals surface area contributed by atoms with Gasteiger partial charge in [-0.15, -0.1) is 0 Å². The van der Waals surface area contributed by atoms with Crippen LogP contribution in [0.4, 0.5) is 0 Å². The molecular weight excluding hydrogens is 384 g/mol. The lowest BCUT2D eigenvalue weighted by atomic mass is 10.1. The van der Waals surface area contributed by atoms with Crippen molar-refractivity contribution >= 4 is 18.1 Å². The van der Waals surface area contributed by atoms with Crippen molar-refractivity contribution in [2.45, 2.75) is 6.92 Å². The van der Waals surface area contributed by atoms with Crippen LogP contribution in [0, 0.1) is 6.92 Å². The van der Waals surface area contributed by atoms with Gasteiger partial charge in [-0.2, -0.15) is 5.10 Å². The van der Waals surface area contributed by atoms with Crippen molar-refractivity contribution in [3.05, 3.63) is 89.0 Å². The molecule has 0 aliphatic carbocycles. The molecule has 0 saturated heterocycles. The Bertz CT molecular complexity index is 1120. The van der Waals surface area contributed by atoms with E-state index < -0.39 is 5.97 Å². The number of hydrogen-bond donors (Lipinski definition) is 1. The van der Waals surface area contributed by atoms with Gasteiger partial charge in [0.05, 0.1) is 11.8 Å². The number of nitrogens with one attached hydrogen (secondary N) is 1. The number of aryl methyl sites for hydroxylation is 1. The first kappa shape index (κ1) is 19.2. The van der Waals surface area contributed by atoms with E-state index in [0.29, 0.717) is 28.4 Å². The van der Waals surface area contributed by atoms with Gasteiger partial charge in [0, 0.05) is 5.56 Å². The maximum absolute atomic E-state index is 12.2. The molecule has 7 nitrogen and oxygen atoms in total. The van der Waals surface area contributed by atoms with E-state index >= 15 is 0 Å². The molecule has 3 aromatic carbocycles. The third-order valence-corrected chi connectivity index (χ3v) is 4.36. The summed E-state index contributed by atoms with van der Waals surface area (Å²) in [6.45, 7) is 2.06. The maximum atomic E-state index is 12.2. The molecule has 1 aliphatic heterocycles. The van der Waals surface area contributed by atoms with Crippen LogP contribution in [0.3, 0.4) is 0 Å². The summed E-state index contributed by atoms with van der Waals surface area (Å²) in [5.74, 6) is 0.771. The van der Waals surface area contributed by atoms with E-state index in [4.69, 9.17) is 14.2 Å². The standard InChI is InChI=1S/C23H18N2O5/c1-15-3-2-4-18(11-15)23(27)30-19-8-5-16(6-9-19)13-24-25-22(26)17-7-10-20-21(12-17)29-14-28-20/h2-13H,14H2,1H3,(H,25,26). The summed E-state index contributed by atoms with van der Waals surface area (Å²) in [7, 11) is 0. The van der Waals surface area contributed by atoms with Crippen molar-refractivity contribution in [1.29, 1.82) is 0 Å². The molecule has 0 spiro atoms. The van der Waals surface area contributed by atoms with Crippen LogP contribution < -0.4 is 19.6 Å². The number of benzene rings is 3. The molecule has 0 atom stereocenters. The summed E-state index contributed by atoms with van der Waals surface area (Å²) >= 11 is 0. The van der Waals surface area contributed by atoms with Crippen molar-refractivity contribution in [3.63, 3.8) is 0 Å². The van der Waals surface area contributed by atoms with Crippen LogP contribution in [0.5, 0.6) is 17.2 Å². The second-order valence-electron chi connectivity index (χ2n) is 6.60. The van der Waals surface area contributed by atoms with E-state index in [0.717, 1.165) is 11.1 Å². The van der Waals surface area contributed by atoms with E-state index in [-0.39, 0.29) is 12.7 Å². The first-order valence-corrected chi connectivity index (χ1v) is 9.20. The smallest absolute Gasteiger partial charge is 0.343 e. The van der Waals surface area contributed by atoms with Crippen molar-refractivity contribution in [1.82, 2.24) is 5.43 Å². The quantitative estimate of drug-likeness (QED) is 0.304. The molecule has 0 unspecified atom stereocenters. The molecular formula is C23H18N2O5. The second-order valence-corrected chi connectivity index (χ2v) is 6.60. The number of fused-ring (bicyclic) bond motifs is 1. The topological polar surface area (TPSA) is 86.2 Å². The molecule has 1 amide bonds. The molecule has 150 valence electrons. The van der Waals surface area contributed by atoms with Crippen molar-refractivity contribution in [2.75, 3.05) is 6.79 Å². The number of hydrogen-bond acceptors (Lipinski definition) is 6. The van der Waals surface area contributed by atoms with E-state index in [2.05, 4.69) is 10.5 Å². The Hall–Kier alpha value is -4.13. The summed E-state index contributed by atoms with van der Waals surface area (Å²) in [6, 6.07) is 18.9. The van der Waals surface area contributed by atoms with Gasteiger partial charge in [-0.1, -0.05) is 17.7 Å². The van der Waals surface area contributed by atoms with Gasteiger partial charge in [0.15, 0.2) is 11.5 Å². The Morgan fingerprint density at radius 3 is 2.57 bits per heavy atom. The maximum Gasteiger partial charge on any atom is 0.343 e. The van der Waals surface area contributed by atoms with Gasteiger partial charge in [-0.25, -0.2) is 10.2 Å². The predicted molar refractivity (Wildman–Crippen MR) is 110 cm³/mol. The van der Waals surface area contributed by atoms with E-state index in [1.165, 1.54) is 6.21 Å². The number of rotatable bonds is 5. The second kappa shape index (κ2) is 8.48. The fraction of sp³-hybridized carbons (Fsp3) is 0.0870. The van der Waals surface area contributed by atoms with E-state index in [1.54, 1.807) is 54.6 Å². The third kappa shape index (κ3) is 4.47. The van der Waals surface area contributed by atoms with Gasteiger partial charge in [0.1, 0.15) is 5.75 Å². The molecule has 0 fully saturated rings. The van der Waals surface area contributed by atoms with Crippen LogP contribution in [0.15, 0.2) is 71.8 Å². The largest absolute Gasteiger partial charge is 0.454 e. The minimum absolute atomic E-state index is 0.148. The van der Waals surface area contributed by atoms with Crippen molar-refractivity contribution < 1.29 is 23.8 Å². The molecule has 1 N–H and O–H groups in total. The molecule has 0 radical (unpaired) electrons. The third-order valence-electron chi connectivity index (χ3n) is 4.36. The van der Waals surface area contributed by atoms with Crippen LogP contribution in [0.1, 0.15) is 31.8 Å². The Balaban J connectivity index is 1.33. The van der Waals surface area contributed by atoms with Gasteiger partial charge < -0.3 is 14.2 Å². The van der Waals surface area contributed by atoms with Gasteiger partial charge in [-0.3, -0.25) is 4.79 Å². The Kier molecular flexibility index (Phi) is 5.43. The summed E-state index contributed by atoms with van der Waals surface area (Å²) in [5.41, 5.74) is 5.08. The SMILES string of the molecule is Cc1cccc(C(=O)Oc2ccc(C=NNC(=O)c3ccc4c(c3)OCO4)cc2)c1. The lowest BCUT2D eigenvalue weighted by molar-refractivity contribution is 0.0734. The highest BCUT2D eigenvalue weighted by Gasteiger charge is 2.15. The Morgan fingerprint density at radius 1 is 0.967 bits per heavy atom. The van der Waals surface area contributed by atoms with E-state index in [9.17, 15) is 9.59 Å². The molecule has 0 bridgehead atoms. The Morgan fingerprint density at radius 2 is 1.77 bits per heavy atom. The fourth-order valence-corrected chi connectivity index (χ4v) is 2.83. The molecule has 0 saturated carbocycles. The van der Waals surface area contributed by atoms with Crippen LogP contribution in [0.2, 0.25) is 0 Å². The van der Waals surface area contributed by atoms with Gasteiger partial charge in [0.25, 0.3) is 5.91 Å². The number of hydrazone groups is 1. The van der Waals surface area contributed by atoms with Crippen molar-refractivity contribution in [3.8, 4) is 17.2 Å². The number of carbonyl (C=O) groups is 2. The molecule has 0 aromatic heterocycles. The summed E-state index contributed by atoms with van der Waals surface area (Å²) < 4.78 is 15.9. The fourth-order valence-electron chi connectivity index (χ4n) is 2.83. The van der Waals surface area contributed by atoms with Gasteiger partial charge in [-0.05, 0) is 67.1 Å². The molecule has 7 heteroatoms. The van der Waals surface area contributed by atoms with Crippen molar-refractivity contribution in [2.24, 2.45) is 5.10 Å². The van der Waals surface area contributed by atoms with Crippen LogP contribution in [0.25, 0.3) is 0 Å². The molecule has 1 heterocycles. The molecule has 30 heavy (non-hydrogen) atoms. The predicted octanol–water partition coefficient (Wildman–Crippen LogP) is 3.71. The van der Waals surface area contributed by atoms with Crippen LogP contribution in [-0.4, -0.2) is 24.9 Å². The summed E-state index contributed by atoms with van der Waals surface area (Å²) in [4.78, 5) is 24.4. The highest BCUT2D eigenvalue weighted by atomic mass is 16.7. The summed E-state index contributed by atoms with van der Waals surface area (Å²) in [5, 5.41) is 3.95. The van der Waals surface area contributed by atoms with Crippen LogP contribution >= 0.6 is 0 Å². The first-order chi connectivity index (χ1) is 14.6. The zero-order chi connectivity index (χ0) is 20.9. The van der Waals surface area contributed by atoms with Gasteiger partial charge >= 0.3 is 5.97 Å². The highest BCUT2D eigenvalue weighted by Crippen LogP contribution is 2.32. The average molecular weight is 402 g/mol. The molecule has 1 aliphatic rings. The average Bonchev–Trinajstić information content (AvgIpc) is 3.23. The monoisotopic (exact) mass is 402 g/mol.